The number of methoxy groups -OCH3 is 2. The molecule has 1 atom stereocenters. The Morgan fingerprint density at radius 1 is 0.957 bits per heavy atom. The lowest BCUT2D eigenvalue weighted by molar-refractivity contribution is -0.139. The average Bonchev–Trinajstić information content (AvgIpc) is 3.35. The van der Waals surface area contributed by atoms with Gasteiger partial charge in [0.05, 0.1) is 53.3 Å². The van der Waals surface area contributed by atoms with Crippen molar-refractivity contribution in [3.05, 3.63) is 112 Å². The van der Waals surface area contributed by atoms with Gasteiger partial charge in [-0.2, -0.15) is 0 Å². The molecule has 1 aliphatic heterocycles. The summed E-state index contributed by atoms with van der Waals surface area (Å²) in [5.74, 6) is 1.35. The number of aromatic nitrogens is 1. The molecule has 0 unspecified atom stereocenters. The summed E-state index contributed by atoms with van der Waals surface area (Å²) in [7, 11) is 3.08. The lowest BCUT2D eigenvalue weighted by Crippen LogP contribution is -2.40. The molecule has 46 heavy (non-hydrogen) atoms. The van der Waals surface area contributed by atoms with Crippen LogP contribution >= 0.6 is 34.5 Å². The lowest BCUT2D eigenvalue weighted by atomic mass is 9.94. The third kappa shape index (κ3) is 6.65. The minimum Gasteiger partial charge on any atom is -0.493 e. The van der Waals surface area contributed by atoms with Crippen LogP contribution in [0.3, 0.4) is 0 Å². The Labute approximate surface area is 279 Å². The number of nitrogens with zero attached hydrogens (tertiary/aromatic N) is 2. The maximum Gasteiger partial charge on any atom is 0.338 e. The molecule has 12 heteroatoms. The number of thiazole rings is 1. The van der Waals surface area contributed by atoms with Crippen molar-refractivity contribution < 1.29 is 28.5 Å². The SMILES string of the molecule is CCOC(=O)C1=C(C)N=c2s/c(=C/c3ccc(OCc4ccc(Cl)c(Cl)c4)c(OC)c3)c(=O)n2[C@H]1c1cccc(OC)c1OCC. The van der Waals surface area contributed by atoms with Gasteiger partial charge >= 0.3 is 5.97 Å². The molecule has 0 amide bonds. The Balaban J connectivity index is 1.58. The van der Waals surface area contributed by atoms with Gasteiger partial charge in [-0.3, -0.25) is 9.36 Å². The van der Waals surface area contributed by atoms with E-state index in [-0.39, 0.29) is 24.3 Å². The molecular weight excluding hydrogens is 651 g/mol. The molecule has 4 aromatic rings. The van der Waals surface area contributed by atoms with Crippen LogP contribution in [-0.4, -0.2) is 38.0 Å². The third-order valence-corrected chi connectivity index (χ3v) is 8.92. The Bertz CT molecular complexity index is 2000. The van der Waals surface area contributed by atoms with Crippen LogP contribution in [0.4, 0.5) is 0 Å². The highest BCUT2D eigenvalue weighted by molar-refractivity contribution is 7.07. The number of allylic oxidation sites excluding steroid dienone is 1. The molecule has 0 radical (unpaired) electrons. The van der Waals surface area contributed by atoms with E-state index in [1.165, 1.54) is 15.9 Å². The monoisotopic (exact) mass is 682 g/mol. The fraction of sp³-hybridized carbons (Fsp3) is 0.265. The Morgan fingerprint density at radius 2 is 1.74 bits per heavy atom. The Hall–Kier alpha value is -4.25. The van der Waals surface area contributed by atoms with Crippen molar-refractivity contribution in [2.75, 3.05) is 27.4 Å². The first-order valence-corrected chi connectivity index (χ1v) is 16.0. The van der Waals surface area contributed by atoms with Crippen molar-refractivity contribution in [3.63, 3.8) is 0 Å². The van der Waals surface area contributed by atoms with E-state index in [2.05, 4.69) is 4.99 Å². The number of hydrogen-bond acceptors (Lipinski definition) is 9. The molecule has 1 aromatic heterocycles. The lowest BCUT2D eigenvalue weighted by Gasteiger charge is -2.26. The molecule has 5 rings (SSSR count). The quantitative estimate of drug-likeness (QED) is 0.176. The van der Waals surface area contributed by atoms with Crippen molar-refractivity contribution in [1.82, 2.24) is 4.57 Å². The van der Waals surface area contributed by atoms with Gasteiger partial charge in [-0.25, -0.2) is 9.79 Å². The molecule has 0 saturated heterocycles. The summed E-state index contributed by atoms with van der Waals surface area (Å²) in [5.41, 5.74) is 2.51. The van der Waals surface area contributed by atoms with Crippen LogP contribution in [0.1, 0.15) is 43.5 Å². The Morgan fingerprint density at radius 3 is 2.43 bits per heavy atom. The molecule has 1 aliphatic rings. The molecule has 0 saturated carbocycles. The van der Waals surface area contributed by atoms with Crippen molar-refractivity contribution >= 4 is 46.6 Å². The molecule has 2 heterocycles. The minimum atomic E-state index is -0.860. The maximum absolute atomic E-state index is 14.1. The van der Waals surface area contributed by atoms with Gasteiger partial charge in [0.1, 0.15) is 12.6 Å². The highest BCUT2D eigenvalue weighted by Gasteiger charge is 2.36. The largest absolute Gasteiger partial charge is 0.493 e. The first kappa shape index (κ1) is 33.1. The topological polar surface area (TPSA) is 97.6 Å². The number of ether oxygens (including phenoxy) is 5. The van der Waals surface area contributed by atoms with E-state index in [0.29, 0.717) is 65.8 Å². The van der Waals surface area contributed by atoms with Crippen LogP contribution in [0.5, 0.6) is 23.0 Å². The number of carbonyl (C=O) groups is 1. The van der Waals surface area contributed by atoms with E-state index >= 15 is 0 Å². The number of para-hydroxylation sites is 1. The van der Waals surface area contributed by atoms with Gasteiger partial charge in [0, 0.05) is 5.56 Å². The molecule has 0 N–H and O–H groups in total. The predicted molar refractivity (Wildman–Crippen MR) is 178 cm³/mol. The summed E-state index contributed by atoms with van der Waals surface area (Å²) in [5, 5.41) is 0.910. The normalized spacial score (nSPS) is 14.4. The van der Waals surface area contributed by atoms with Gasteiger partial charge in [0.2, 0.25) is 0 Å². The van der Waals surface area contributed by atoms with Gasteiger partial charge in [0.25, 0.3) is 5.56 Å². The summed E-state index contributed by atoms with van der Waals surface area (Å²) in [6.07, 6.45) is 1.75. The molecular formula is C34H32Cl2N2O7S. The van der Waals surface area contributed by atoms with Crippen LogP contribution < -0.4 is 33.8 Å². The number of fused-ring (bicyclic) bond motifs is 1. The second kappa shape index (κ2) is 14.5. The molecule has 3 aromatic carbocycles. The molecule has 0 spiro atoms. The van der Waals surface area contributed by atoms with Crippen LogP contribution in [0.2, 0.25) is 10.0 Å². The van der Waals surface area contributed by atoms with Gasteiger partial charge < -0.3 is 23.7 Å². The molecule has 0 fully saturated rings. The predicted octanol–water partition coefficient (Wildman–Crippen LogP) is 6.10. The molecule has 0 bridgehead atoms. The zero-order chi connectivity index (χ0) is 33.0. The first-order chi connectivity index (χ1) is 22.2. The van der Waals surface area contributed by atoms with Crippen molar-refractivity contribution in [2.45, 2.75) is 33.4 Å². The highest BCUT2D eigenvalue weighted by atomic mass is 35.5. The van der Waals surface area contributed by atoms with E-state index in [9.17, 15) is 9.59 Å². The summed E-state index contributed by atoms with van der Waals surface area (Å²) in [6, 6.07) is 15.2. The number of halogens is 2. The molecule has 240 valence electrons. The summed E-state index contributed by atoms with van der Waals surface area (Å²) in [4.78, 5) is 32.6. The summed E-state index contributed by atoms with van der Waals surface area (Å²) >= 11 is 13.4. The molecule has 9 nitrogen and oxygen atoms in total. The molecule has 0 aliphatic carbocycles. The first-order valence-electron chi connectivity index (χ1n) is 14.4. The van der Waals surface area contributed by atoms with E-state index in [0.717, 1.165) is 5.56 Å². The van der Waals surface area contributed by atoms with Crippen LogP contribution in [-0.2, 0) is 16.1 Å². The smallest absolute Gasteiger partial charge is 0.338 e. The van der Waals surface area contributed by atoms with Gasteiger partial charge in [-0.1, -0.05) is 58.8 Å². The second-order valence-corrected chi connectivity index (χ2v) is 11.9. The van der Waals surface area contributed by atoms with E-state index in [1.807, 2.05) is 25.1 Å². The standard InChI is InChI=1S/C34H32Cl2N2O7S/c1-6-43-31-22(9-8-10-26(31)41-4)30-29(33(40)44-7-2)19(3)37-34-38(30)32(39)28(46-34)17-20-12-14-25(27(16-20)42-5)45-18-21-11-13-23(35)24(36)15-21/h8-17,30H,6-7,18H2,1-5H3/b28-17+/t30-/m0/s1. The van der Waals surface area contributed by atoms with Crippen molar-refractivity contribution in [1.29, 1.82) is 0 Å². The zero-order valence-corrected chi connectivity index (χ0v) is 28.2. The number of benzene rings is 3. The van der Waals surface area contributed by atoms with Crippen molar-refractivity contribution in [2.24, 2.45) is 4.99 Å². The highest BCUT2D eigenvalue weighted by Crippen LogP contribution is 2.41. The Kier molecular flexibility index (Phi) is 10.4. The average molecular weight is 684 g/mol. The fourth-order valence-electron chi connectivity index (χ4n) is 5.13. The number of hydrogen-bond donors (Lipinski definition) is 0. The van der Waals surface area contributed by atoms with Crippen LogP contribution in [0.15, 0.2) is 75.7 Å². The van der Waals surface area contributed by atoms with Gasteiger partial charge in [0.15, 0.2) is 27.8 Å². The van der Waals surface area contributed by atoms with Crippen LogP contribution in [0.25, 0.3) is 6.08 Å². The van der Waals surface area contributed by atoms with Crippen molar-refractivity contribution in [3.8, 4) is 23.0 Å². The summed E-state index contributed by atoms with van der Waals surface area (Å²) in [6.45, 7) is 6.08. The summed E-state index contributed by atoms with van der Waals surface area (Å²) < 4.78 is 30.5. The van der Waals surface area contributed by atoms with E-state index in [4.69, 9.17) is 46.9 Å². The van der Waals surface area contributed by atoms with E-state index in [1.54, 1.807) is 70.5 Å². The van der Waals surface area contributed by atoms with Gasteiger partial charge in [-0.15, -0.1) is 0 Å². The van der Waals surface area contributed by atoms with Crippen LogP contribution in [0, 0.1) is 0 Å². The zero-order valence-electron chi connectivity index (χ0n) is 25.9. The fourth-order valence-corrected chi connectivity index (χ4v) is 6.50. The van der Waals surface area contributed by atoms with Gasteiger partial charge in [-0.05, 0) is 68.3 Å². The third-order valence-electron chi connectivity index (χ3n) is 7.19. The minimum absolute atomic E-state index is 0.165. The number of rotatable bonds is 11. The maximum atomic E-state index is 14.1. The number of carbonyl (C=O) groups excluding carboxylic acids is 1. The van der Waals surface area contributed by atoms with E-state index < -0.39 is 12.0 Å². The second-order valence-electron chi connectivity index (χ2n) is 10.1. The number of esters is 1.